The van der Waals surface area contributed by atoms with Gasteiger partial charge in [0.1, 0.15) is 0 Å². The zero-order valence-electron chi connectivity index (χ0n) is 12.3. The van der Waals surface area contributed by atoms with Gasteiger partial charge in [-0.05, 0) is 68.8 Å². The van der Waals surface area contributed by atoms with E-state index in [1.807, 2.05) is 18.8 Å². The molecule has 0 fully saturated rings. The minimum Gasteiger partial charge on any atom is -0.313 e. The van der Waals surface area contributed by atoms with E-state index in [1.165, 1.54) is 26.5 Å². The average molecular weight is 350 g/mol. The summed E-state index contributed by atoms with van der Waals surface area (Å²) in [5, 5.41) is 3.33. The van der Waals surface area contributed by atoms with Gasteiger partial charge in [-0.25, -0.2) is 0 Å². The molecule has 0 aromatic heterocycles. The second-order valence-electron chi connectivity index (χ2n) is 5.06. The van der Waals surface area contributed by atoms with Gasteiger partial charge >= 0.3 is 0 Å². The molecule has 2 aromatic rings. The van der Waals surface area contributed by atoms with Gasteiger partial charge in [0.15, 0.2) is 0 Å². The third-order valence-electron chi connectivity index (χ3n) is 3.43. The summed E-state index contributed by atoms with van der Waals surface area (Å²) >= 11 is 5.41. The minimum atomic E-state index is 0.333. The highest BCUT2D eigenvalue weighted by Crippen LogP contribution is 2.36. The van der Waals surface area contributed by atoms with Gasteiger partial charge in [0.2, 0.25) is 0 Å². The largest absolute Gasteiger partial charge is 0.313 e. The summed E-state index contributed by atoms with van der Waals surface area (Å²) in [5.74, 6) is 0. The lowest BCUT2D eigenvalue weighted by Crippen LogP contribution is -2.13. The maximum absolute atomic E-state index is 3.57. The van der Waals surface area contributed by atoms with Crippen molar-refractivity contribution in [1.29, 1.82) is 0 Å². The van der Waals surface area contributed by atoms with E-state index in [1.54, 1.807) is 0 Å². The fourth-order valence-corrected chi connectivity index (χ4v) is 3.62. The standard InChI is InChI=1S/C17H20BrNS/c1-11-5-6-12(2)17(9-11)20-16-8-7-14(18)10-15(16)13(3)19-4/h5-10,13,19H,1-4H3. The molecule has 0 saturated heterocycles. The van der Waals surface area contributed by atoms with Gasteiger partial charge in [-0.3, -0.25) is 0 Å². The lowest BCUT2D eigenvalue weighted by molar-refractivity contribution is 0.641. The Balaban J connectivity index is 2.40. The van der Waals surface area contributed by atoms with Crippen LogP contribution in [-0.2, 0) is 0 Å². The second-order valence-corrected chi connectivity index (χ2v) is 7.06. The first-order chi connectivity index (χ1) is 9.51. The molecule has 2 aromatic carbocycles. The number of rotatable bonds is 4. The Hall–Kier alpha value is -0.770. The molecule has 0 radical (unpaired) electrons. The molecule has 0 aliphatic carbocycles. The fourth-order valence-electron chi connectivity index (χ4n) is 2.04. The van der Waals surface area contributed by atoms with E-state index in [4.69, 9.17) is 0 Å². The number of hydrogen-bond acceptors (Lipinski definition) is 2. The predicted molar refractivity (Wildman–Crippen MR) is 91.7 cm³/mol. The molecule has 0 saturated carbocycles. The SMILES string of the molecule is CNC(C)c1cc(Br)ccc1Sc1cc(C)ccc1C. The summed E-state index contributed by atoms with van der Waals surface area (Å²) < 4.78 is 1.12. The fraction of sp³-hybridized carbons (Fsp3) is 0.294. The predicted octanol–water partition coefficient (Wildman–Crippen LogP) is 5.50. The van der Waals surface area contributed by atoms with Crippen molar-refractivity contribution in [3.63, 3.8) is 0 Å². The van der Waals surface area contributed by atoms with E-state index >= 15 is 0 Å². The van der Waals surface area contributed by atoms with Crippen molar-refractivity contribution in [3.8, 4) is 0 Å². The van der Waals surface area contributed by atoms with Crippen LogP contribution >= 0.6 is 27.7 Å². The lowest BCUT2D eigenvalue weighted by Gasteiger charge is -2.17. The van der Waals surface area contributed by atoms with E-state index in [2.05, 4.69) is 78.4 Å². The molecule has 2 rings (SSSR count). The van der Waals surface area contributed by atoms with Gasteiger partial charge in [-0.2, -0.15) is 0 Å². The van der Waals surface area contributed by atoms with E-state index in [9.17, 15) is 0 Å². The maximum atomic E-state index is 3.57. The molecule has 1 nitrogen and oxygen atoms in total. The molecule has 0 aliphatic rings. The highest BCUT2D eigenvalue weighted by atomic mass is 79.9. The molecule has 0 bridgehead atoms. The van der Waals surface area contributed by atoms with Crippen molar-refractivity contribution in [2.75, 3.05) is 7.05 Å². The van der Waals surface area contributed by atoms with E-state index < -0.39 is 0 Å². The third-order valence-corrected chi connectivity index (χ3v) is 5.18. The summed E-state index contributed by atoms with van der Waals surface area (Å²) in [6.45, 7) is 6.50. The molecule has 20 heavy (non-hydrogen) atoms. The molecular weight excluding hydrogens is 330 g/mol. The monoisotopic (exact) mass is 349 g/mol. The Kier molecular flexibility index (Phi) is 5.30. The number of hydrogen-bond donors (Lipinski definition) is 1. The van der Waals surface area contributed by atoms with Crippen LogP contribution in [0, 0.1) is 13.8 Å². The van der Waals surface area contributed by atoms with Crippen molar-refractivity contribution < 1.29 is 0 Å². The van der Waals surface area contributed by atoms with Crippen molar-refractivity contribution in [1.82, 2.24) is 5.32 Å². The molecule has 0 spiro atoms. The van der Waals surface area contributed by atoms with Gasteiger partial charge < -0.3 is 5.32 Å². The molecular formula is C17H20BrNS. The van der Waals surface area contributed by atoms with Crippen LogP contribution in [0.3, 0.4) is 0 Å². The summed E-state index contributed by atoms with van der Waals surface area (Å²) in [5.41, 5.74) is 3.96. The van der Waals surface area contributed by atoms with Crippen molar-refractivity contribution in [2.45, 2.75) is 36.6 Å². The maximum Gasteiger partial charge on any atom is 0.0300 e. The van der Waals surface area contributed by atoms with Crippen LogP contribution in [0.1, 0.15) is 29.7 Å². The minimum absolute atomic E-state index is 0.333. The number of aryl methyl sites for hydroxylation is 2. The van der Waals surface area contributed by atoms with Crippen LogP contribution in [0.2, 0.25) is 0 Å². The van der Waals surface area contributed by atoms with Crippen LogP contribution in [0.25, 0.3) is 0 Å². The number of nitrogens with one attached hydrogen (secondary N) is 1. The molecule has 0 amide bonds. The average Bonchev–Trinajstić information content (AvgIpc) is 2.43. The zero-order chi connectivity index (χ0) is 14.7. The third kappa shape index (κ3) is 3.66. The summed E-state index contributed by atoms with van der Waals surface area (Å²) in [6.07, 6.45) is 0. The van der Waals surface area contributed by atoms with Crippen molar-refractivity contribution >= 4 is 27.7 Å². The second kappa shape index (κ2) is 6.79. The summed E-state index contributed by atoms with van der Waals surface area (Å²) in [7, 11) is 2.00. The molecule has 106 valence electrons. The van der Waals surface area contributed by atoms with E-state index in [0.29, 0.717) is 6.04 Å². The zero-order valence-corrected chi connectivity index (χ0v) is 14.7. The van der Waals surface area contributed by atoms with Crippen LogP contribution in [-0.4, -0.2) is 7.05 Å². The Bertz CT molecular complexity index is 610. The molecule has 0 heterocycles. The van der Waals surface area contributed by atoms with Gasteiger partial charge in [0.05, 0.1) is 0 Å². The Morgan fingerprint density at radius 3 is 2.50 bits per heavy atom. The first-order valence-corrected chi connectivity index (χ1v) is 8.34. The van der Waals surface area contributed by atoms with E-state index in [0.717, 1.165) is 4.47 Å². The van der Waals surface area contributed by atoms with Crippen LogP contribution in [0.4, 0.5) is 0 Å². The first kappa shape index (κ1) is 15.6. The van der Waals surface area contributed by atoms with Gasteiger partial charge in [-0.1, -0.05) is 39.8 Å². The Labute approximate surface area is 134 Å². The number of halogens is 1. The Morgan fingerprint density at radius 2 is 1.80 bits per heavy atom. The van der Waals surface area contributed by atoms with Crippen molar-refractivity contribution in [3.05, 3.63) is 57.6 Å². The van der Waals surface area contributed by atoms with E-state index in [-0.39, 0.29) is 0 Å². The van der Waals surface area contributed by atoms with Crippen LogP contribution in [0.15, 0.2) is 50.7 Å². The summed E-state index contributed by atoms with van der Waals surface area (Å²) in [4.78, 5) is 2.64. The quantitative estimate of drug-likeness (QED) is 0.782. The van der Waals surface area contributed by atoms with Crippen LogP contribution < -0.4 is 5.32 Å². The van der Waals surface area contributed by atoms with Gasteiger partial charge in [0, 0.05) is 20.3 Å². The summed E-state index contributed by atoms with van der Waals surface area (Å²) in [6, 6.07) is 13.5. The molecule has 1 N–H and O–H groups in total. The highest BCUT2D eigenvalue weighted by Gasteiger charge is 2.12. The smallest absolute Gasteiger partial charge is 0.0300 e. The first-order valence-electron chi connectivity index (χ1n) is 6.73. The molecule has 3 heteroatoms. The molecule has 0 aliphatic heterocycles. The Morgan fingerprint density at radius 1 is 1.05 bits per heavy atom. The normalized spacial score (nSPS) is 12.4. The topological polar surface area (TPSA) is 12.0 Å². The molecule has 1 unspecified atom stereocenters. The van der Waals surface area contributed by atoms with Gasteiger partial charge in [0.25, 0.3) is 0 Å². The van der Waals surface area contributed by atoms with Crippen LogP contribution in [0.5, 0.6) is 0 Å². The lowest BCUT2D eigenvalue weighted by atomic mass is 10.1. The van der Waals surface area contributed by atoms with Crippen molar-refractivity contribution in [2.24, 2.45) is 0 Å². The van der Waals surface area contributed by atoms with Gasteiger partial charge in [-0.15, -0.1) is 0 Å². The molecule has 1 atom stereocenters. The highest BCUT2D eigenvalue weighted by molar-refractivity contribution is 9.10. The number of benzene rings is 2.